The molecule has 0 saturated heterocycles. The van der Waals surface area contributed by atoms with Crippen LogP contribution in [0.5, 0.6) is 0 Å². The number of rotatable bonds is 3. The highest BCUT2D eigenvalue weighted by Crippen LogP contribution is 1.85. The second-order valence-electron chi connectivity index (χ2n) is 1.85. The molecule has 0 saturated carbocycles. The van der Waals surface area contributed by atoms with Gasteiger partial charge in [-0.1, -0.05) is 0 Å². The molecule has 0 aliphatic rings. The van der Waals surface area contributed by atoms with Crippen molar-refractivity contribution in [2.24, 2.45) is 0 Å². The van der Waals surface area contributed by atoms with Crippen molar-refractivity contribution in [1.82, 2.24) is 0 Å². The van der Waals surface area contributed by atoms with E-state index in [1.807, 2.05) is 0 Å². The minimum Gasteiger partial charge on any atom is -0.463 e. The highest BCUT2D eigenvalue weighted by atomic mass is 16.5. The van der Waals surface area contributed by atoms with Gasteiger partial charge in [-0.25, -0.2) is 4.79 Å². The molecule has 0 rings (SSSR count). The topological polar surface area (TPSA) is 46.5 Å². The van der Waals surface area contributed by atoms with Crippen molar-refractivity contribution in [3.05, 3.63) is 12.2 Å². The van der Waals surface area contributed by atoms with Gasteiger partial charge >= 0.3 is 5.97 Å². The summed E-state index contributed by atoms with van der Waals surface area (Å²) in [5.74, 6) is -0.414. The summed E-state index contributed by atoms with van der Waals surface area (Å²) < 4.78 is 4.56. The molecule has 0 aliphatic heterocycles. The minimum atomic E-state index is -0.593. The fourth-order valence-electron chi connectivity index (χ4n) is 0.408. The number of aliphatic hydroxyl groups excluding tert-OH is 1. The number of carbonyl (C=O) groups is 1. The monoisotopic (exact) mass is 144 g/mol. The standard InChI is InChI=1S/C7H12O3/c1-3-10-7(9)5-4-6(2)8/h4-6,8H,3H2,1-2H3/t6-/m0/s1. The molecule has 0 fully saturated rings. The van der Waals surface area contributed by atoms with Gasteiger partial charge in [0.25, 0.3) is 0 Å². The van der Waals surface area contributed by atoms with Crippen molar-refractivity contribution >= 4 is 5.97 Å². The van der Waals surface area contributed by atoms with Crippen molar-refractivity contribution < 1.29 is 14.6 Å². The summed E-state index contributed by atoms with van der Waals surface area (Å²) in [6.07, 6.45) is 2.00. The van der Waals surface area contributed by atoms with Gasteiger partial charge in [-0.2, -0.15) is 0 Å². The van der Waals surface area contributed by atoms with Crippen LogP contribution >= 0.6 is 0 Å². The Morgan fingerprint density at radius 3 is 2.80 bits per heavy atom. The molecule has 0 radical (unpaired) electrons. The number of esters is 1. The maximum absolute atomic E-state index is 10.5. The maximum Gasteiger partial charge on any atom is 0.330 e. The Labute approximate surface area is 60.3 Å². The van der Waals surface area contributed by atoms with Gasteiger partial charge in [-0.05, 0) is 19.9 Å². The summed E-state index contributed by atoms with van der Waals surface area (Å²) in [5, 5.41) is 8.67. The van der Waals surface area contributed by atoms with Crippen molar-refractivity contribution in [3.63, 3.8) is 0 Å². The average Bonchev–Trinajstić information content (AvgIpc) is 1.85. The highest BCUT2D eigenvalue weighted by Gasteiger charge is 1.93. The van der Waals surface area contributed by atoms with E-state index < -0.39 is 12.1 Å². The third-order valence-corrected chi connectivity index (χ3v) is 0.797. The summed E-state index contributed by atoms with van der Waals surface area (Å²) in [7, 11) is 0. The Hall–Kier alpha value is -0.830. The van der Waals surface area contributed by atoms with Crippen molar-refractivity contribution in [3.8, 4) is 0 Å². The molecule has 10 heavy (non-hydrogen) atoms. The van der Waals surface area contributed by atoms with Crippen LogP contribution < -0.4 is 0 Å². The molecule has 0 aliphatic carbocycles. The third kappa shape index (κ3) is 5.31. The first-order chi connectivity index (χ1) is 4.66. The van der Waals surface area contributed by atoms with E-state index in [-0.39, 0.29) is 0 Å². The second-order valence-corrected chi connectivity index (χ2v) is 1.85. The fourth-order valence-corrected chi connectivity index (χ4v) is 0.408. The molecule has 0 bridgehead atoms. The number of carbonyl (C=O) groups excluding carboxylic acids is 1. The quantitative estimate of drug-likeness (QED) is 0.463. The SMILES string of the molecule is CCOC(=O)C=C[C@H](C)O. The Balaban J connectivity index is 3.56. The van der Waals surface area contributed by atoms with Gasteiger partial charge in [-0.3, -0.25) is 0 Å². The van der Waals surface area contributed by atoms with Crippen LogP contribution in [0.1, 0.15) is 13.8 Å². The van der Waals surface area contributed by atoms with Gasteiger partial charge in [0, 0.05) is 6.08 Å². The van der Waals surface area contributed by atoms with E-state index in [0.717, 1.165) is 0 Å². The third-order valence-electron chi connectivity index (χ3n) is 0.797. The summed E-state index contributed by atoms with van der Waals surface area (Å²) in [5.41, 5.74) is 0. The van der Waals surface area contributed by atoms with Crippen LogP contribution in [0.15, 0.2) is 12.2 Å². The van der Waals surface area contributed by atoms with Crippen molar-refractivity contribution in [2.45, 2.75) is 20.0 Å². The van der Waals surface area contributed by atoms with Crippen LogP contribution in [-0.2, 0) is 9.53 Å². The molecule has 3 nitrogen and oxygen atoms in total. The Kier molecular flexibility index (Phi) is 4.58. The molecule has 0 spiro atoms. The molecule has 0 unspecified atom stereocenters. The van der Waals surface area contributed by atoms with Crippen LogP contribution in [-0.4, -0.2) is 23.8 Å². The van der Waals surface area contributed by atoms with Gasteiger partial charge in [0.1, 0.15) is 0 Å². The van der Waals surface area contributed by atoms with Gasteiger partial charge < -0.3 is 9.84 Å². The summed E-state index contributed by atoms with van der Waals surface area (Å²) >= 11 is 0. The van der Waals surface area contributed by atoms with Crippen LogP contribution in [0.2, 0.25) is 0 Å². The lowest BCUT2D eigenvalue weighted by molar-refractivity contribution is -0.137. The molecule has 0 aromatic rings. The number of hydrogen-bond acceptors (Lipinski definition) is 3. The van der Waals surface area contributed by atoms with E-state index >= 15 is 0 Å². The van der Waals surface area contributed by atoms with E-state index in [1.54, 1.807) is 13.8 Å². The van der Waals surface area contributed by atoms with E-state index in [1.165, 1.54) is 12.2 Å². The molecule has 3 heteroatoms. The van der Waals surface area contributed by atoms with E-state index in [0.29, 0.717) is 6.61 Å². The van der Waals surface area contributed by atoms with Crippen LogP contribution in [0, 0.1) is 0 Å². The van der Waals surface area contributed by atoms with Gasteiger partial charge in [0.05, 0.1) is 12.7 Å². The van der Waals surface area contributed by atoms with Gasteiger partial charge in [-0.15, -0.1) is 0 Å². The predicted molar refractivity (Wildman–Crippen MR) is 37.5 cm³/mol. The average molecular weight is 144 g/mol. The van der Waals surface area contributed by atoms with E-state index in [2.05, 4.69) is 4.74 Å². The summed E-state index contributed by atoms with van der Waals surface area (Å²) in [6, 6.07) is 0. The molecule has 0 heterocycles. The highest BCUT2D eigenvalue weighted by molar-refractivity contribution is 5.81. The maximum atomic E-state index is 10.5. The fraction of sp³-hybridized carbons (Fsp3) is 0.571. The molecule has 58 valence electrons. The van der Waals surface area contributed by atoms with Crippen LogP contribution in [0.4, 0.5) is 0 Å². The lowest BCUT2D eigenvalue weighted by Gasteiger charge is -1.95. The Morgan fingerprint density at radius 2 is 2.40 bits per heavy atom. The number of hydrogen-bond donors (Lipinski definition) is 1. The summed E-state index contributed by atoms with van der Waals surface area (Å²) in [6.45, 7) is 3.66. The second kappa shape index (κ2) is 4.99. The number of aliphatic hydroxyl groups is 1. The zero-order valence-corrected chi connectivity index (χ0v) is 6.20. The zero-order valence-electron chi connectivity index (χ0n) is 6.20. The van der Waals surface area contributed by atoms with Crippen LogP contribution in [0.3, 0.4) is 0 Å². The van der Waals surface area contributed by atoms with E-state index in [4.69, 9.17) is 5.11 Å². The molecule has 0 aromatic heterocycles. The van der Waals surface area contributed by atoms with Crippen LogP contribution in [0.25, 0.3) is 0 Å². The molecule has 1 atom stereocenters. The first-order valence-corrected chi connectivity index (χ1v) is 3.19. The molecular formula is C7H12O3. The zero-order chi connectivity index (χ0) is 7.98. The summed E-state index contributed by atoms with van der Waals surface area (Å²) in [4.78, 5) is 10.5. The molecule has 0 amide bonds. The normalized spacial score (nSPS) is 13.5. The lowest BCUT2D eigenvalue weighted by atomic mass is 10.3. The van der Waals surface area contributed by atoms with Gasteiger partial charge in [0.2, 0.25) is 0 Å². The van der Waals surface area contributed by atoms with Crippen molar-refractivity contribution in [2.75, 3.05) is 6.61 Å². The smallest absolute Gasteiger partial charge is 0.330 e. The molecule has 0 aromatic carbocycles. The lowest BCUT2D eigenvalue weighted by Crippen LogP contribution is -2.01. The largest absolute Gasteiger partial charge is 0.463 e. The Morgan fingerprint density at radius 1 is 1.80 bits per heavy atom. The Bertz CT molecular complexity index is 127. The first-order valence-electron chi connectivity index (χ1n) is 3.19. The van der Waals surface area contributed by atoms with E-state index in [9.17, 15) is 4.79 Å². The first kappa shape index (κ1) is 9.17. The van der Waals surface area contributed by atoms with Gasteiger partial charge in [0.15, 0.2) is 0 Å². The molecular weight excluding hydrogens is 132 g/mol. The molecule has 1 N–H and O–H groups in total. The van der Waals surface area contributed by atoms with Crippen molar-refractivity contribution in [1.29, 1.82) is 0 Å². The predicted octanol–water partition coefficient (Wildman–Crippen LogP) is 0.486. The minimum absolute atomic E-state index is 0.364. The number of ether oxygens (including phenoxy) is 1.